The van der Waals surface area contributed by atoms with Crippen LogP contribution in [0.2, 0.25) is 0 Å². The molecule has 0 aromatic rings. The molecule has 0 aromatic carbocycles. The van der Waals surface area contributed by atoms with Crippen LogP contribution < -0.4 is 27.4 Å². The Morgan fingerprint density at radius 1 is 0.839 bits per heavy atom. The second-order valence-corrected chi connectivity index (χ2v) is 7.53. The lowest BCUT2D eigenvalue weighted by atomic mass is 10.0. The van der Waals surface area contributed by atoms with Gasteiger partial charge in [0, 0.05) is 6.42 Å². The first kappa shape index (κ1) is 27.8. The summed E-state index contributed by atoms with van der Waals surface area (Å²) < 4.78 is 0. The molecule has 0 saturated carbocycles. The Hall–Kier alpha value is -3.22. The van der Waals surface area contributed by atoms with Crippen molar-refractivity contribution in [3.8, 4) is 0 Å². The molecule has 0 fully saturated rings. The molecule has 0 aliphatic rings. The van der Waals surface area contributed by atoms with E-state index >= 15 is 0 Å². The molecule has 13 nitrogen and oxygen atoms in total. The lowest BCUT2D eigenvalue weighted by molar-refractivity contribution is -0.147. The quantitative estimate of drug-likeness (QED) is 0.151. The molecule has 4 amide bonds. The predicted octanol–water partition coefficient (Wildman–Crippen LogP) is -2.34. The molecule has 0 saturated heterocycles. The van der Waals surface area contributed by atoms with Crippen LogP contribution in [0.15, 0.2) is 0 Å². The highest BCUT2D eigenvalue weighted by Gasteiger charge is 2.29. The van der Waals surface area contributed by atoms with Crippen LogP contribution in [0.1, 0.15) is 46.5 Å². The minimum Gasteiger partial charge on any atom is -0.481 e. The number of carboxylic acids is 2. The fourth-order valence-corrected chi connectivity index (χ4v) is 2.46. The Morgan fingerprint density at radius 3 is 1.84 bits per heavy atom. The molecule has 0 aliphatic carbocycles. The van der Waals surface area contributed by atoms with Gasteiger partial charge in [0.15, 0.2) is 0 Å². The highest BCUT2D eigenvalue weighted by molar-refractivity contribution is 5.94. The summed E-state index contributed by atoms with van der Waals surface area (Å²) in [5.74, 6) is -5.89. The van der Waals surface area contributed by atoms with Crippen molar-refractivity contribution in [3.63, 3.8) is 0 Å². The van der Waals surface area contributed by atoms with E-state index in [1.165, 1.54) is 6.92 Å². The van der Waals surface area contributed by atoms with Crippen LogP contribution in [0.4, 0.5) is 0 Å². The molecule has 0 bridgehead atoms. The topological polar surface area (TPSA) is 231 Å². The smallest absolute Gasteiger partial charge is 0.326 e. The highest BCUT2D eigenvalue weighted by atomic mass is 16.4. The van der Waals surface area contributed by atoms with E-state index in [1.54, 1.807) is 13.8 Å². The summed E-state index contributed by atoms with van der Waals surface area (Å²) in [5, 5.41) is 24.6. The number of rotatable bonds is 14. The summed E-state index contributed by atoms with van der Waals surface area (Å²) in [7, 11) is 0. The van der Waals surface area contributed by atoms with Crippen LogP contribution in [0.3, 0.4) is 0 Å². The van der Waals surface area contributed by atoms with Crippen molar-refractivity contribution in [2.45, 2.75) is 70.6 Å². The van der Waals surface area contributed by atoms with Gasteiger partial charge >= 0.3 is 11.9 Å². The van der Waals surface area contributed by atoms with E-state index in [0.717, 1.165) is 0 Å². The van der Waals surface area contributed by atoms with E-state index in [2.05, 4.69) is 10.6 Å². The number of carboxylic acid groups (broad SMARTS) is 2. The Kier molecular flexibility index (Phi) is 11.8. The molecular formula is C18H31N5O8. The SMILES string of the molecule is CC(C)CC(NC(=O)C(N)CCC(N)=O)C(=O)NC(C)C(=O)NC(CC(=O)O)C(=O)O. The molecule has 0 rings (SSSR count). The van der Waals surface area contributed by atoms with Gasteiger partial charge in [-0.2, -0.15) is 0 Å². The number of nitrogens with two attached hydrogens (primary N) is 2. The van der Waals surface area contributed by atoms with Crippen LogP contribution >= 0.6 is 0 Å². The average molecular weight is 445 g/mol. The lowest BCUT2D eigenvalue weighted by Crippen LogP contribution is -2.56. The van der Waals surface area contributed by atoms with Gasteiger partial charge in [-0.1, -0.05) is 13.8 Å². The zero-order valence-corrected chi connectivity index (χ0v) is 17.7. The Labute approximate surface area is 179 Å². The third kappa shape index (κ3) is 11.5. The zero-order valence-electron chi connectivity index (χ0n) is 17.7. The van der Waals surface area contributed by atoms with Gasteiger partial charge in [0.1, 0.15) is 18.1 Å². The maximum absolute atomic E-state index is 12.6. The first-order valence-electron chi connectivity index (χ1n) is 9.64. The van der Waals surface area contributed by atoms with E-state index in [0.29, 0.717) is 0 Å². The van der Waals surface area contributed by atoms with E-state index in [9.17, 15) is 28.8 Å². The van der Waals surface area contributed by atoms with Crippen molar-refractivity contribution in [1.29, 1.82) is 0 Å². The fourth-order valence-electron chi connectivity index (χ4n) is 2.46. The summed E-state index contributed by atoms with van der Waals surface area (Å²) in [5.41, 5.74) is 10.7. The Balaban J connectivity index is 5.07. The maximum Gasteiger partial charge on any atom is 0.326 e. The number of carbonyl (C=O) groups excluding carboxylic acids is 4. The molecule has 4 atom stereocenters. The molecular weight excluding hydrogens is 414 g/mol. The number of hydrogen-bond acceptors (Lipinski definition) is 7. The van der Waals surface area contributed by atoms with Gasteiger partial charge in [0.05, 0.1) is 12.5 Å². The largest absolute Gasteiger partial charge is 0.481 e. The van der Waals surface area contributed by atoms with E-state index in [-0.39, 0.29) is 25.2 Å². The van der Waals surface area contributed by atoms with Crippen LogP contribution in [-0.4, -0.2) is 69.9 Å². The molecule has 13 heteroatoms. The van der Waals surface area contributed by atoms with Gasteiger partial charge < -0.3 is 37.6 Å². The van der Waals surface area contributed by atoms with E-state index < -0.39 is 66.2 Å². The minimum atomic E-state index is -1.67. The van der Waals surface area contributed by atoms with Gasteiger partial charge in [-0.15, -0.1) is 0 Å². The third-order valence-electron chi connectivity index (χ3n) is 4.12. The van der Waals surface area contributed by atoms with Crippen molar-refractivity contribution in [2.75, 3.05) is 0 Å². The van der Waals surface area contributed by atoms with Crippen molar-refractivity contribution in [2.24, 2.45) is 17.4 Å². The first-order chi connectivity index (χ1) is 14.2. The van der Waals surface area contributed by atoms with Crippen molar-refractivity contribution >= 4 is 35.6 Å². The number of primary amides is 1. The van der Waals surface area contributed by atoms with Crippen LogP contribution in [0.5, 0.6) is 0 Å². The lowest BCUT2D eigenvalue weighted by Gasteiger charge is -2.24. The fraction of sp³-hybridized carbons (Fsp3) is 0.667. The van der Waals surface area contributed by atoms with Crippen molar-refractivity contribution in [3.05, 3.63) is 0 Å². The highest BCUT2D eigenvalue weighted by Crippen LogP contribution is 2.07. The summed E-state index contributed by atoms with van der Waals surface area (Å²) in [6, 6.07) is -4.99. The molecule has 0 radical (unpaired) electrons. The first-order valence-corrected chi connectivity index (χ1v) is 9.64. The standard InChI is InChI=1S/C18H31N5O8/c1-8(2)6-11(22-16(28)10(19)4-5-13(20)24)17(29)21-9(3)15(27)23-12(18(30)31)7-14(25)26/h8-12H,4-7,19H2,1-3H3,(H2,20,24)(H,21,29)(H,22,28)(H,23,27)(H,25,26)(H,30,31). The molecule has 0 spiro atoms. The monoisotopic (exact) mass is 445 g/mol. The molecule has 4 unspecified atom stereocenters. The number of amides is 4. The summed E-state index contributed by atoms with van der Waals surface area (Å²) >= 11 is 0. The van der Waals surface area contributed by atoms with Gasteiger partial charge in [-0.3, -0.25) is 24.0 Å². The maximum atomic E-state index is 12.6. The van der Waals surface area contributed by atoms with Crippen LogP contribution in [-0.2, 0) is 28.8 Å². The van der Waals surface area contributed by atoms with Crippen LogP contribution in [0, 0.1) is 5.92 Å². The van der Waals surface area contributed by atoms with Crippen LogP contribution in [0.25, 0.3) is 0 Å². The minimum absolute atomic E-state index is 0.00382. The van der Waals surface area contributed by atoms with Crippen molar-refractivity contribution in [1.82, 2.24) is 16.0 Å². The summed E-state index contributed by atoms with van der Waals surface area (Å²) in [4.78, 5) is 69.6. The molecule has 0 aromatic heterocycles. The predicted molar refractivity (Wildman–Crippen MR) is 107 cm³/mol. The number of hydrogen-bond donors (Lipinski definition) is 7. The molecule has 9 N–H and O–H groups in total. The summed E-state index contributed by atoms with van der Waals surface area (Å²) in [6.45, 7) is 4.89. The number of aliphatic carboxylic acids is 2. The van der Waals surface area contributed by atoms with E-state index in [1.807, 2.05) is 5.32 Å². The van der Waals surface area contributed by atoms with Gasteiger partial charge in [-0.25, -0.2) is 4.79 Å². The normalized spacial score (nSPS) is 14.6. The number of nitrogens with one attached hydrogen (secondary N) is 3. The second-order valence-electron chi connectivity index (χ2n) is 7.53. The Bertz CT molecular complexity index is 696. The number of carbonyl (C=O) groups is 6. The molecule has 0 heterocycles. The zero-order chi connectivity index (χ0) is 24.3. The molecule has 176 valence electrons. The van der Waals surface area contributed by atoms with Gasteiger partial charge in [0.2, 0.25) is 23.6 Å². The second kappa shape index (κ2) is 13.2. The van der Waals surface area contributed by atoms with Gasteiger partial charge in [-0.05, 0) is 25.7 Å². The molecule has 0 aliphatic heterocycles. The summed E-state index contributed by atoms with van der Waals surface area (Å²) in [6.07, 6.45) is -0.730. The molecule has 31 heavy (non-hydrogen) atoms. The van der Waals surface area contributed by atoms with Crippen molar-refractivity contribution < 1.29 is 39.0 Å². The third-order valence-corrected chi connectivity index (χ3v) is 4.12. The van der Waals surface area contributed by atoms with Gasteiger partial charge in [0.25, 0.3) is 0 Å². The Morgan fingerprint density at radius 2 is 1.39 bits per heavy atom. The van der Waals surface area contributed by atoms with E-state index in [4.69, 9.17) is 21.7 Å². The average Bonchev–Trinajstić information content (AvgIpc) is 2.63.